The number of hydrogen-bond donors (Lipinski definition) is 1. The number of hydrogen-bond acceptors (Lipinski definition) is 3. The van der Waals surface area contributed by atoms with Crippen LogP contribution in [0.4, 0.5) is 0 Å². The van der Waals surface area contributed by atoms with E-state index >= 15 is 0 Å². The van der Waals surface area contributed by atoms with E-state index < -0.39 is 0 Å². The zero-order valence-corrected chi connectivity index (χ0v) is 9.45. The van der Waals surface area contributed by atoms with Crippen LogP contribution in [-0.2, 0) is 6.42 Å². The normalized spacial score (nSPS) is 10.4. The second-order valence-electron chi connectivity index (χ2n) is 3.06. The molecule has 0 aliphatic carbocycles. The highest BCUT2D eigenvalue weighted by atomic mass is 32.1. The fourth-order valence-corrected chi connectivity index (χ4v) is 2.84. The second-order valence-corrected chi connectivity index (χ2v) is 4.46. The van der Waals surface area contributed by atoms with Crippen molar-refractivity contribution < 1.29 is 0 Å². The maximum absolute atomic E-state index is 9.09. The van der Waals surface area contributed by atoms with Crippen LogP contribution < -0.4 is 0 Å². The van der Waals surface area contributed by atoms with Crippen LogP contribution >= 0.6 is 24.0 Å². The van der Waals surface area contributed by atoms with Gasteiger partial charge >= 0.3 is 0 Å². The predicted octanol–water partition coefficient (Wildman–Crippen LogP) is 3.62. The maximum atomic E-state index is 9.09. The van der Waals surface area contributed by atoms with Crippen molar-refractivity contribution in [2.24, 2.45) is 0 Å². The molecule has 0 spiro atoms. The molecule has 1 nitrogen and oxygen atoms in total. The van der Waals surface area contributed by atoms with Crippen LogP contribution in [0.15, 0.2) is 22.4 Å². The van der Waals surface area contributed by atoms with Crippen molar-refractivity contribution in [1.82, 2.24) is 0 Å². The van der Waals surface area contributed by atoms with Crippen LogP contribution in [0.2, 0.25) is 0 Å². The number of thiol groups is 1. The van der Waals surface area contributed by atoms with E-state index in [1.807, 2.05) is 17.5 Å². The molecule has 0 unspecified atom stereocenters. The molecule has 14 heavy (non-hydrogen) atoms. The van der Waals surface area contributed by atoms with Crippen LogP contribution in [0.3, 0.4) is 0 Å². The minimum absolute atomic E-state index is 0.807. The molecule has 1 heterocycles. The monoisotopic (exact) mass is 219 g/mol. The predicted molar refractivity (Wildman–Crippen MR) is 63.2 cm³/mol. The molecule has 2 rings (SSSR count). The Bertz CT molecular complexity index is 520. The Morgan fingerprint density at radius 2 is 2.36 bits per heavy atom. The van der Waals surface area contributed by atoms with Gasteiger partial charge in [-0.2, -0.15) is 5.26 Å². The highest BCUT2D eigenvalue weighted by Crippen LogP contribution is 2.32. The molecule has 0 atom stereocenters. The lowest BCUT2D eigenvalue weighted by Gasteiger charge is -2.04. The standard InChI is InChI=1S/C11H9NS2/c1-2-7-5-10(13)11-8(3-4-14-11)9(7)6-12/h3-5,13H,2H2,1H3. The summed E-state index contributed by atoms with van der Waals surface area (Å²) in [7, 11) is 0. The molecular formula is C11H9NS2. The molecule has 0 aliphatic heterocycles. The SMILES string of the molecule is CCc1cc(S)c2sccc2c1C#N. The summed E-state index contributed by atoms with van der Waals surface area (Å²) in [6.07, 6.45) is 0.877. The number of aryl methyl sites for hydroxylation is 1. The van der Waals surface area contributed by atoms with Gasteiger partial charge in [-0.1, -0.05) is 6.92 Å². The summed E-state index contributed by atoms with van der Waals surface area (Å²) in [5, 5.41) is 12.1. The highest BCUT2D eigenvalue weighted by Gasteiger charge is 2.09. The Morgan fingerprint density at radius 1 is 1.57 bits per heavy atom. The molecule has 0 bridgehead atoms. The molecule has 0 fully saturated rings. The first-order valence-electron chi connectivity index (χ1n) is 4.40. The first kappa shape index (κ1) is 9.57. The zero-order chi connectivity index (χ0) is 10.1. The number of benzene rings is 1. The second kappa shape index (κ2) is 3.64. The lowest BCUT2D eigenvalue weighted by Crippen LogP contribution is -1.88. The van der Waals surface area contributed by atoms with Gasteiger partial charge in [-0.25, -0.2) is 0 Å². The summed E-state index contributed by atoms with van der Waals surface area (Å²) in [4.78, 5) is 0.978. The average molecular weight is 219 g/mol. The molecule has 0 aliphatic rings. The molecule has 0 radical (unpaired) electrons. The quantitative estimate of drug-likeness (QED) is 0.728. The van der Waals surface area contributed by atoms with E-state index in [0.29, 0.717) is 0 Å². The molecule has 1 aromatic carbocycles. The highest BCUT2D eigenvalue weighted by molar-refractivity contribution is 7.80. The van der Waals surface area contributed by atoms with Crippen molar-refractivity contribution in [3.63, 3.8) is 0 Å². The minimum atomic E-state index is 0.807. The molecule has 0 N–H and O–H groups in total. The number of fused-ring (bicyclic) bond motifs is 1. The summed E-state index contributed by atoms with van der Waals surface area (Å²) in [6, 6.07) is 6.27. The summed E-state index contributed by atoms with van der Waals surface area (Å²) >= 11 is 6.06. The van der Waals surface area contributed by atoms with Gasteiger partial charge < -0.3 is 0 Å². The van der Waals surface area contributed by atoms with E-state index in [9.17, 15) is 0 Å². The topological polar surface area (TPSA) is 23.8 Å². The van der Waals surface area contributed by atoms with Gasteiger partial charge in [0.05, 0.1) is 5.56 Å². The van der Waals surface area contributed by atoms with Crippen molar-refractivity contribution in [3.05, 3.63) is 28.6 Å². The summed E-state index contributed by atoms with van der Waals surface area (Å²) < 4.78 is 1.11. The summed E-state index contributed by atoms with van der Waals surface area (Å²) in [5.41, 5.74) is 1.89. The van der Waals surface area contributed by atoms with Crippen molar-refractivity contribution >= 4 is 34.1 Å². The minimum Gasteiger partial charge on any atom is -0.192 e. The third kappa shape index (κ3) is 1.31. The molecule has 70 valence electrons. The number of thiophene rings is 1. The Labute approximate surface area is 92.4 Å². The van der Waals surface area contributed by atoms with Gasteiger partial charge in [0, 0.05) is 15.0 Å². The van der Waals surface area contributed by atoms with Crippen LogP contribution in [-0.4, -0.2) is 0 Å². The Balaban J connectivity index is 2.91. The van der Waals surface area contributed by atoms with Crippen molar-refractivity contribution in [2.45, 2.75) is 18.2 Å². The van der Waals surface area contributed by atoms with Gasteiger partial charge in [0.2, 0.25) is 0 Å². The molecule has 3 heteroatoms. The Kier molecular flexibility index (Phi) is 2.49. The van der Waals surface area contributed by atoms with Gasteiger partial charge in [-0.05, 0) is 29.5 Å². The van der Waals surface area contributed by atoms with E-state index in [0.717, 1.165) is 32.5 Å². The number of rotatable bonds is 1. The van der Waals surface area contributed by atoms with Crippen molar-refractivity contribution in [2.75, 3.05) is 0 Å². The third-order valence-electron chi connectivity index (χ3n) is 2.29. The van der Waals surface area contributed by atoms with Gasteiger partial charge in [-0.3, -0.25) is 0 Å². The van der Waals surface area contributed by atoms with Crippen LogP contribution in [0, 0.1) is 11.3 Å². The van der Waals surface area contributed by atoms with Crippen LogP contribution in [0.1, 0.15) is 18.1 Å². The Morgan fingerprint density at radius 3 is 3.00 bits per heavy atom. The Hall–Kier alpha value is -0.980. The first-order valence-corrected chi connectivity index (χ1v) is 5.72. The van der Waals surface area contributed by atoms with Crippen molar-refractivity contribution in [3.8, 4) is 6.07 Å². The van der Waals surface area contributed by atoms with E-state index in [1.165, 1.54) is 0 Å². The van der Waals surface area contributed by atoms with E-state index in [4.69, 9.17) is 5.26 Å². The maximum Gasteiger partial charge on any atom is 0.100 e. The number of nitrogens with zero attached hydrogens (tertiary/aromatic N) is 1. The summed E-state index contributed by atoms with van der Waals surface area (Å²) in [6.45, 7) is 2.06. The fraction of sp³-hybridized carbons (Fsp3) is 0.182. The van der Waals surface area contributed by atoms with E-state index in [2.05, 4.69) is 25.6 Å². The fourth-order valence-electron chi connectivity index (χ4n) is 1.59. The lowest BCUT2D eigenvalue weighted by molar-refractivity contribution is 1.12. The molecule has 0 saturated carbocycles. The van der Waals surface area contributed by atoms with Gasteiger partial charge in [0.25, 0.3) is 0 Å². The lowest BCUT2D eigenvalue weighted by atomic mass is 10.0. The van der Waals surface area contributed by atoms with Crippen LogP contribution in [0.5, 0.6) is 0 Å². The van der Waals surface area contributed by atoms with Gasteiger partial charge in [0.15, 0.2) is 0 Å². The molecule has 0 amide bonds. The van der Waals surface area contributed by atoms with Crippen LogP contribution in [0.25, 0.3) is 10.1 Å². The molecular weight excluding hydrogens is 210 g/mol. The average Bonchev–Trinajstić information content (AvgIpc) is 2.66. The van der Waals surface area contributed by atoms with E-state index in [-0.39, 0.29) is 0 Å². The molecule has 0 saturated heterocycles. The van der Waals surface area contributed by atoms with Crippen molar-refractivity contribution in [1.29, 1.82) is 5.26 Å². The third-order valence-corrected chi connectivity index (χ3v) is 3.74. The first-order chi connectivity index (χ1) is 6.77. The zero-order valence-electron chi connectivity index (χ0n) is 7.74. The summed E-state index contributed by atoms with van der Waals surface area (Å²) in [5.74, 6) is 0. The van der Waals surface area contributed by atoms with E-state index in [1.54, 1.807) is 11.3 Å². The molecule has 1 aromatic heterocycles. The largest absolute Gasteiger partial charge is 0.192 e. The number of nitriles is 1. The van der Waals surface area contributed by atoms with Gasteiger partial charge in [0.1, 0.15) is 6.07 Å². The van der Waals surface area contributed by atoms with Gasteiger partial charge in [-0.15, -0.1) is 24.0 Å². The smallest absolute Gasteiger partial charge is 0.100 e. The molecule has 2 aromatic rings.